The van der Waals surface area contributed by atoms with Crippen LogP contribution in [0.1, 0.15) is 17.3 Å². The Morgan fingerprint density at radius 1 is 1.32 bits per heavy atom. The quantitative estimate of drug-likeness (QED) is 0.776. The first-order valence-electron chi connectivity index (χ1n) is 6.86. The van der Waals surface area contributed by atoms with Gasteiger partial charge >= 0.3 is 0 Å². The number of fused-ring (bicyclic) bond motifs is 1. The van der Waals surface area contributed by atoms with Gasteiger partial charge in [0.05, 0.1) is 23.4 Å². The Kier molecular flexibility index (Phi) is 3.74. The predicted molar refractivity (Wildman–Crippen MR) is 81.6 cm³/mol. The first kappa shape index (κ1) is 14.1. The number of hydrogen-bond acceptors (Lipinski definition) is 3. The number of H-pyrrole nitrogens is 1. The molecule has 0 aliphatic heterocycles. The molecule has 2 N–H and O–H groups in total. The van der Waals surface area contributed by atoms with Crippen LogP contribution in [-0.2, 0) is 0 Å². The van der Waals surface area contributed by atoms with Gasteiger partial charge in [0.1, 0.15) is 11.3 Å². The van der Waals surface area contributed by atoms with Crippen LogP contribution in [0.4, 0.5) is 10.1 Å². The molecule has 1 aromatic carbocycles. The van der Waals surface area contributed by atoms with Gasteiger partial charge < -0.3 is 15.0 Å². The fourth-order valence-corrected chi connectivity index (χ4v) is 2.13. The Morgan fingerprint density at radius 3 is 2.91 bits per heavy atom. The number of para-hydroxylation sites is 1. The lowest BCUT2D eigenvalue weighted by Gasteiger charge is -2.05. The Hall–Kier alpha value is -2.89. The smallest absolute Gasteiger partial charge is 0.259 e. The number of aromatic amines is 1. The standard InChI is InChI=1S/C16H14FN3O2/c1-2-22-14-8-7-13-15(20-14)10(9-18-13)16(21)19-12-6-4-3-5-11(12)17/h3-9,18H,2H2,1H3,(H,19,21). The maximum atomic E-state index is 13.6. The highest BCUT2D eigenvalue weighted by Gasteiger charge is 2.15. The number of anilines is 1. The van der Waals surface area contributed by atoms with Crippen LogP contribution < -0.4 is 10.1 Å². The van der Waals surface area contributed by atoms with Gasteiger partial charge in [-0.1, -0.05) is 12.1 Å². The lowest BCUT2D eigenvalue weighted by atomic mass is 10.2. The number of nitrogens with zero attached hydrogens (tertiary/aromatic N) is 1. The third-order valence-electron chi connectivity index (χ3n) is 3.16. The summed E-state index contributed by atoms with van der Waals surface area (Å²) in [6.07, 6.45) is 1.55. The van der Waals surface area contributed by atoms with Crippen LogP contribution in [0.15, 0.2) is 42.6 Å². The number of aromatic nitrogens is 2. The maximum Gasteiger partial charge on any atom is 0.259 e. The van der Waals surface area contributed by atoms with E-state index in [4.69, 9.17) is 4.74 Å². The van der Waals surface area contributed by atoms with E-state index in [1.807, 2.05) is 6.92 Å². The summed E-state index contributed by atoms with van der Waals surface area (Å²) < 4.78 is 19.0. The van der Waals surface area contributed by atoms with Crippen LogP contribution in [0, 0.1) is 5.82 Å². The zero-order valence-electron chi connectivity index (χ0n) is 11.9. The number of pyridine rings is 1. The van der Waals surface area contributed by atoms with Gasteiger partial charge in [0.2, 0.25) is 5.88 Å². The molecule has 22 heavy (non-hydrogen) atoms. The van der Waals surface area contributed by atoms with Crippen molar-refractivity contribution in [3.8, 4) is 5.88 Å². The van der Waals surface area contributed by atoms with Gasteiger partial charge in [0.15, 0.2) is 0 Å². The Balaban J connectivity index is 1.93. The zero-order valence-corrected chi connectivity index (χ0v) is 11.9. The SMILES string of the molecule is CCOc1ccc2[nH]cc(C(=O)Nc3ccccc3F)c2n1. The minimum atomic E-state index is -0.487. The van der Waals surface area contributed by atoms with Crippen LogP contribution in [0.25, 0.3) is 11.0 Å². The molecule has 2 heterocycles. The molecule has 6 heteroatoms. The van der Waals surface area contributed by atoms with Gasteiger partial charge in [0.25, 0.3) is 5.91 Å². The van der Waals surface area contributed by atoms with Gasteiger partial charge in [0, 0.05) is 12.3 Å². The molecule has 0 aliphatic rings. The molecule has 1 amide bonds. The van der Waals surface area contributed by atoms with Gasteiger partial charge in [-0.3, -0.25) is 4.79 Å². The first-order valence-corrected chi connectivity index (χ1v) is 6.86. The van der Waals surface area contributed by atoms with Crippen LogP contribution in [0.2, 0.25) is 0 Å². The first-order chi connectivity index (χ1) is 10.7. The van der Waals surface area contributed by atoms with E-state index >= 15 is 0 Å². The number of hydrogen-bond donors (Lipinski definition) is 2. The van der Waals surface area contributed by atoms with Crippen molar-refractivity contribution in [1.82, 2.24) is 9.97 Å². The van der Waals surface area contributed by atoms with Crippen LogP contribution >= 0.6 is 0 Å². The lowest BCUT2D eigenvalue weighted by molar-refractivity contribution is 0.102. The Bertz CT molecular complexity index is 829. The monoisotopic (exact) mass is 299 g/mol. The summed E-state index contributed by atoms with van der Waals surface area (Å²) >= 11 is 0. The van der Waals surface area contributed by atoms with E-state index < -0.39 is 11.7 Å². The van der Waals surface area contributed by atoms with Gasteiger partial charge in [-0.2, -0.15) is 0 Å². The van der Waals surface area contributed by atoms with Crippen molar-refractivity contribution >= 4 is 22.6 Å². The summed E-state index contributed by atoms with van der Waals surface area (Å²) in [5.41, 5.74) is 1.66. The van der Waals surface area contributed by atoms with Crippen molar-refractivity contribution in [2.24, 2.45) is 0 Å². The fourth-order valence-electron chi connectivity index (χ4n) is 2.13. The summed E-state index contributed by atoms with van der Waals surface area (Å²) in [6.45, 7) is 2.34. The minimum absolute atomic E-state index is 0.128. The number of halogens is 1. The van der Waals surface area contributed by atoms with Crippen molar-refractivity contribution in [1.29, 1.82) is 0 Å². The van der Waals surface area contributed by atoms with Gasteiger partial charge in [-0.15, -0.1) is 0 Å². The maximum absolute atomic E-state index is 13.6. The Morgan fingerprint density at radius 2 is 2.14 bits per heavy atom. The van der Waals surface area contributed by atoms with Crippen molar-refractivity contribution in [2.45, 2.75) is 6.92 Å². The predicted octanol–water partition coefficient (Wildman–Crippen LogP) is 3.35. The second kappa shape index (κ2) is 5.85. The van der Waals surface area contributed by atoms with E-state index in [0.717, 1.165) is 0 Å². The number of ether oxygens (including phenoxy) is 1. The highest BCUT2D eigenvalue weighted by Crippen LogP contribution is 2.21. The van der Waals surface area contributed by atoms with Gasteiger partial charge in [-0.25, -0.2) is 9.37 Å². The van der Waals surface area contributed by atoms with Crippen LogP contribution in [0.5, 0.6) is 5.88 Å². The molecule has 0 bridgehead atoms. The summed E-state index contributed by atoms with van der Waals surface area (Å²) in [7, 11) is 0. The number of nitrogens with one attached hydrogen (secondary N) is 2. The summed E-state index contributed by atoms with van der Waals surface area (Å²) in [5.74, 6) is -0.481. The lowest BCUT2D eigenvalue weighted by Crippen LogP contribution is -2.12. The molecule has 0 saturated heterocycles. The molecule has 0 aliphatic carbocycles. The van der Waals surface area contributed by atoms with E-state index in [-0.39, 0.29) is 5.69 Å². The van der Waals surface area contributed by atoms with Gasteiger partial charge in [-0.05, 0) is 25.1 Å². The Labute approximate surface area is 126 Å². The highest BCUT2D eigenvalue weighted by atomic mass is 19.1. The summed E-state index contributed by atoms with van der Waals surface area (Å²) in [6, 6.07) is 9.51. The molecule has 0 atom stereocenters. The summed E-state index contributed by atoms with van der Waals surface area (Å²) in [4.78, 5) is 19.6. The minimum Gasteiger partial charge on any atom is -0.478 e. The third-order valence-corrected chi connectivity index (χ3v) is 3.16. The van der Waals surface area contributed by atoms with Crippen molar-refractivity contribution in [2.75, 3.05) is 11.9 Å². The molecule has 0 unspecified atom stereocenters. The van der Waals surface area contributed by atoms with Crippen molar-refractivity contribution < 1.29 is 13.9 Å². The second-order valence-electron chi connectivity index (χ2n) is 4.61. The number of carbonyl (C=O) groups excluding carboxylic acids is 1. The number of amides is 1. The normalized spacial score (nSPS) is 10.6. The molecule has 0 radical (unpaired) electrons. The van der Waals surface area contributed by atoms with Crippen molar-refractivity contribution in [3.63, 3.8) is 0 Å². The van der Waals surface area contributed by atoms with E-state index in [2.05, 4.69) is 15.3 Å². The molecule has 3 rings (SSSR count). The largest absolute Gasteiger partial charge is 0.478 e. The van der Waals surface area contributed by atoms with Crippen molar-refractivity contribution in [3.05, 3.63) is 54.0 Å². The molecule has 2 aromatic heterocycles. The number of carbonyl (C=O) groups is 1. The molecule has 0 fully saturated rings. The molecular formula is C16H14FN3O2. The van der Waals surface area contributed by atoms with Crippen LogP contribution in [0.3, 0.4) is 0 Å². The summed E-state index contributed by atoms with van der Waals surface area (Å²) in [5, 5.41) is 2.54. The van der Waals surface area contributed by atoms with E-state index in [0.29, 0.717) is 29.1 Å². The zero-order chi connectivity index (χ0) is 15.5. The average Bonchev–Trinajstić information content (AvgIpc) is 2.93. The highest BCUT2D eigenvalue weighted by molar-refractivity contribution is 6.11. The van der Waals surface area contributed by atoms with E-state index in [9.17, 15) is 9.18 Å². The fraction of sp³-hybridized carbons (Fsp3) is 0.125. The van der Waals surface area contributed by atoms with Crippen LogP contribution in [-0.4, -0.2) is 22.5 Å². The third kappa shape index (κ3) is 2.63. The van der Waals surface area contributed by atoms with E-state index in [1.165, 1.54) is 12.1 Å². The number of rotatable bonds is 4. The second-order valence-corrected chi connectivity index (χ2v) is 4.61. The topological polar surface area (TPSA) is 67.0 Å². The molecular weight excluding hydrogens is 285 g/mol. The molecule has 112 valence electrons. The molecule has 0 saturated carbocycles. The number of benzene rings is 1. The average molecular weight is 299 g/mol. The molecule has 5 nitrogen and oxygen atoms in total. The van der Waals surface area contributed by atoms with E-state index in [1.54, 1.807) is 30.5 Å². The molecule has 3 aromatic rings. The molecule has 0 spiro atoms.